The lowest BCUT2D eigenvalue weighted by Gasteiger charge is -2.28. The van der Waals surface area contributed by atoms with E-state index >= 15 is 0 Å². The molecule has 0 unspecified atom stereocenters. The normalized spacial score (nSPS) is 14.2. The Morgan fingerprint density at radius 3 is 2.56 bits per heavy atom. The van der Waals surface area contributed by atoms with E-state index in [4.69, 9.17) is 13.9 Å². The molecule has 2 heterocycles. The van der Waals surface area contributed by atoms with Crippen molar-refractivity contribution in [2.75, 3.05) is 26.8 Å². The summed E-state index contributed by atoms with van der Waals surface area (Å²) in [6.07, 6.45) is 0. The van der Waals surface area contributed by atoms with E-state index in [2.05, 4.69) is 46.6 Å². The standard InChI is InChI=1S/C20H28N4O3/c1-13-14(2)27-18(24-13)11-22-19(21-5)23-12-20(3,4)15-6-7-16-17(10-15)26-9-8-25-16/h6-7,10H,8-9,11-12H2,1-5H3,(H2,21,22,23). The quantitative estimate of drug-likeness (QED) is 0.620. The molecule has 0 atom stereocenters. The molecule has 1 aromatic heterocycles. The molecular weight excluding hydrogens is 344 g/mol. The SMILES string of the molecule is CN=C(NCc1nc(C)c(C)o1)NCC(C)(C)c1ccc2c(c1)OCCO2. The van der Waals surface area contributed by atoms with Gasteiger partial charge in [-0.1, -0.05) is 19.9 Å². The van der Waals surface area contributed by atoms with E-state index in [0.717, 1.165) is 23.0 Å². The van der Waals surface area contributed by atoms with Crippen molar-refractivity contribution in [1.29, 1.82) is 0 Å². The van der Waals surface area contributed by atoms with Crippen LogP contribution < -0.4 is 20.1 Å². The number of aromatic nitrogens is 1. The molecule has 7 heteroatoms. The third kappa shape index (κ3) is 4.53. The van der Waals surface area contributed by atoms with Crippen LogP contribution >= 0.6 is 0 Å². The third-order valence-electron chi connectivity index (χ3n) is 4.72. The maximum atomic E-state index is 5.71. The highest BCUT2D eigenvalue weighted by molar-refractivity contribution is 5.79. The number of hydrogen-bond acceptors (Lipinski definition) is 5. The highest BCUT2D eigenvalue weighted by Gasteiger charge is 2.24. The van der Waals surface area contributed by atoms with Gasteiger partial charge >= 0.3 is 0 Å². The van der Waals surface area contributed by atoms with Crippen molar-refractivity contribution in [3.63, 3.8) is 0 Å². The van der Waals surface area contributed by atoms with Crippen LogP contribution in [0.3, 0.4) is 0 Å². The smallest absolute Gasteiger partial charge is 0.214 e. The minimum absolute atomic E-state index is 0.121. The van der Waals surface area contributed by atoms with Crippen molar-refractivity contribution in [2.45, 2.75) is 39.7 Å². The lowest BCUT2D eigenvalue weighted by Crippen LogP contribution is -2.43. The average molecular weight is 372 g/mol. The molecule has 0 amide bonds. The number of fused-ring (bicyclic) bond motifs is 1. The van der Waals surface area contributed by atoms with Gasteiger partial charge in [-0.25, -0.2) is 4.98 Å². The van der Waals surface area contributed by atoms with Gasteiger partial charge < -0.3 is 24.5 Å². The molecule has 2 aromatic rings. The molecule has 1 aliphatic rings. The highest BCUT2D eigenvalue weighted by atomic mass is 16.6. The lowest BCUT2D eigenvalue weighted by molar-refractivity contribution is 0.171. The number of guanidine groups is 1. The molecule has 1 aliphatic heterocycles. The van der Waals surface area contributed by atoms with Crippen LogP contribution in [0.4, 0.5) is 0 Å². The van der Waals surface area contributed by atoms with Gasteiger partial charge in [0.25, 0.3) is 0 Å². The number of nitrogens with zero attached hydrogens (tertiary/aromatic N) is 2. The average Bonchev–Trinajstić information content (AvgIpc) is 2.99. The topological polar surface area (TPSA) is 80.9 Å². The number of hydrogen-bond donors (Lipinski definition) is 2. The number of rotatable bonds is 5. The first-order chi connectivity index (χ1) is 12.9. The maximum Gasteiger partial charge on any atom is 0.214 e. The summed E-state index contributed by atoms with van der Waals surface area (Å²) < 4.78 is 16.9. The van der Waals surface area contributed by atoms with Gasteiger partial charge in [0.05, 0.1) is 12.2 Å². The van der Waals surface area contributed by atoms with Crippen molar-refractivity contribution in [1.82, 2.24) is 15.6 Å². The van der Waals surface area contributed by atoms with E-state index < -0.39 is 0 Å². The summed E-state index contributed by atoms with van der Waals surface area (Å²) in [7, 11) is 1.75. The summed E-state index contributed by atoms with van der Waals surface area (Å²) in [5.74, 6) is 3.81. The van der Waals surface area contributed by atoms with Gasteiger partial charge in [-0.3, -0.25) is 4.99 Å². The van der Waals surface area contributed by atoms with E-state index in [9.17, 15) is 0 Å². The van der Waals surface area contributed by atoms with E-state index in [0.29, 0.717) is 38.2 Å². The second kappa shape index (κ2) is 7.90. The Kier molecular flexibility index (Phi) is 5.58. The second-order valence-electron chi connectivity index (χ2n) is 7.27. The van der Waals surface area contributed by atoms with Crippen LogP contribution in [-0.4, -0.2) is 37.7 Å². The Morgan fingerprint density at radius 1 is 1.15 bits per heavy atom. The number of aliphatic imine (C=N–C) groups is 1. The van der Waals surface area contributed by atoms with Gasteiger partial charge in [-0.2, -0.15) is 0 Å². The van der Waals surface area contributed by atoms with Crippen molar-refractivity contribution < 1.29 is 13.9 Å². The van der Waals surface area contributed by atoms with Gasteiger partial charge in [0.15, 0.2) is 17.5 Å². The van der Waals surface area contributed by atoms with Gasteiger partial charge in [-0.15, -0.1) is 0 Å². The second-order valence-corrected chi connectivity index (χ2v) is 7.27. The van der Waals surface area contributed by atoms with Crippen LogP contribution in [0.1, 0.15) is 36.8 Å². The van der Waals surface area contributed by atoms with Crippen LogP contribution in [0.15, 0.2) is 27.6 Å². The predicted octanol–water partition coefficient (Wildman–Crippen LogP) is 2.71. The zero-order valence-electron chi connectivity index (χ0n) is 16.7. The number of nitrogens with one attached hydrogen (secondary N) is 2. The summed E-state index contributed by atoms with van der Waals surface area (Å²) in [4.78, 5) is 8.66. The monoisotopic (exact) mass is 372 g/mol. The highest BCUT2D eigenvalue weighted by Crippen LogP contribution is 2.34. The molecule has 146 valence electrons. The molecular formula is C20H28N4O3. The number of oxazole rings is 1. The fourth-order valence-electron chi connectivity index (χ4n) is 2.87. The summed E-state index contributed by atoms with van der Waals surface area (Å²) in [6, 6.07) is 6.13. The predicted molar refractivity (Wildman–Crippen MR) is 105 cm³/mol. The van der Waals surface area contributed by atoms with Crippen LogP contribution in [0.25, 0.3) is 0 Å². The molecule has 0 spiro atoms. The molecule has 27 heavy (non-hydrogen) atoms. The van der Waals surface area contributed by atoms with Gasteiger partial charge in [0.2, 0.25) is 5.89 Å². The fourth-order valence-corrected chi connectivity index (χ4v) is 2.87. The molecule has 2 N–H and O–H groups in total. The van der Waals surface area contributed by atoms with Crippen molar-refractivity contribution in [2.24, 2.45) is 4.99 Å². The Morgan fingerprint density at radius 2 is 1.89 bits per heavy atom. The summed E-state index contributed by atoms with van der Waals surface area (Å²) >= 11 is 0. The van der Waals surface area contributed by atoms with Crippen molar-refractivity contribution in [3.8, 4) is 11.5 Å². The minimum atomic E-state index is -0.121. The van der Waals surface area contributed by atoms with E-state index in [-0.39, 0.29) is 5.41 Å². The first-order valence-corrected chi connectivity index (χ1v) is 9.16. The third-order valence-corrected chi connectivity index (χ3v) is 4.72. The Hall–Kier alpha value is -2.70. The molecule has 0 fully saturated rings. The molecule has 3 rings (SSSR count). The Balaban J connectivity index is 1.59. The van der Waals surface area contributed by atoms with Crippen molar-refractivity contribution in [3.05, 3.63) is 41.1 Å². The van der Waals surface area contributed by atoms with Crippen LogP contribution in [0, 0.1) is 13.8 Å². The Labute approximate surface area is 160 Å². The van der Waals surface area contributed by atoms with Gasteiger partial charge in [0.1, 0.15) is 19.0 Å². The number of benzene rings is 1. The molecule has 0 bridgehead atoms. The van der Waals surface area contributed by atoms with E-state index in [1.165, 1.54) is 5.56 Å². The molecule has 0 saturated heterocycles. The largest absolute Gasteiger partial charge is 0.486 e. The molecule has 7 nitrogen and oxygen atoms in total. The zero-order chi connectivity index (χ0) is 19.4. The fraction of sp³-hybridized carbons (Fsp3) is 0.500. The van der Waals surface area contributed by atoms with Crippen LogP contribution in [0.5, 0.6) is 11.5 Å². The Bertz CT molecular complexity index is 807. The van der Waals surface area contributed by atoms with Crippen molar-refractivity contribution >= 4 is 5.96 Å². The van der Waals surface area contributed by atoms with Crippen LogP contribution in [0.2, 0.25) is 0 Å². The van der Waals surface area contributed by atoms with E-state index in [1.807, 2.05) is 19.9 Å². The van der Waals surface area contributed by atoms with Gasteiger partial charge in [0, 0.05) is 19.0 Å². The zero-order valence-corrected chi connectivity index (χ0v) is 16.7. The lowest BCUT2D eigenvalue weighted by atomic mass is 9.84. The van der Waals surface area contributed by atoms with Crippen LogP contribution in [-0.2, 0) is 12.0 Å². The first kappa shape index (κ1) is 19.1. The molecule has 0 radical (unpaired) electrons. The van der Waals surface area contributed by atoms with E-state index in [1.54, 1.807) is 7.05 Å². The minimum Gasteiger partial charge on any atom is -0.486 e. The maximum absolute atomic E-state index is 5.71. The summed E-state index contributed by atoms with van der Waals surface area (Å²) in [5.41, 5.74) is 1.96. The molecule has 0 aliphatic carbocycles. The molecule has 0 saturated carbocycles. The van der Waals surface area contributed by atoms with Gasteiger partial charge in [-0.05, 0) is 31.5 Å². The number of ether oxygens (including phenoxy) is 2. The summed E-state index contributed by atoms with van der Waals surface area (Å²) in [6.45, 7) is 10.6. The summed E-state index contributed by atoms with van der Waals surface area (Å²) in [5, 5.41) is 6.62. The number of aryl methyl sites for hydroxylation is 2. The molecule has 1 aromatic carbocycles. The first-order valence-electron chi connectivity index (χ1n) is 9.16.